The number of rotatable bonds is 5. The molecule has 2 aliphatic rings. The van der Waals surface area contributed by atoms with Crippen LogP contribution in [0.3, 0.4) is 0 Å². The molecule has 1 aromatic rings. The summed E-state index contributed by atoms with van der Waals surface area (Å²) in [5.41, 5.74) is 1.03. The Balaban J connectivity index is 1.60. The maximum Gasteiger partial charge on any atom is 0.270 e. The van der Waals surface area contributed by atoms with Gasteiger partial charge in [0.25, 0.3) is 11.6 Å². The molecule has 0 aliphatic carbocycles. The van der Waals surface area contributed by atoms with E-state index < -0.39 is 4.92 Å². The normalized spacial score (nSPS) is 22.5. The molecule has 0 radical (unpaired) electrons. The van der Waals surface area contributed by atoms with Crippen LogP contribution in [0.15, 0.2) is 18.2 Å². The first-order chi connectivity index (χ1) is 13.0. The van der Waals surface area contributed by atoms with E-state index in [-0.39, 0.29) is 29.5 Å². The van der Waals surface area contributed by atoms with Crippen LogP contribution in [-0.4, -0.2) is 53.9 Å². The molecule has 8 heteroatoms. The van der Waals surface area contributed by atoms with Crippen LogP contribution >= 0.6 is 0 Å². The van der Waals surface area contributed by atoms with Crippen LogP contribution in [0.25, 0.3) is 0 Å². The summed E-state index contributed by atoms with van der Waals surface area (Å²) >= 11 is 0. The maximum absolute atomic E-state index is 12.9. The molecule has 146 valence electrons. The highest BCUT2D eigenvalue weighted by molar-refractivity contribution is 5.96. The number of non-ortho nitro benzene ring substituents is 1. The summed E-state index contributed by atoms with van der Waals surface area (Å²) in [5.74, 6) is 0.0576. The van der Waals surface area contributed by atoms with Crippen LogP contribution in [0, 0.1) is 23.0 Å². The van der Waals surface area contributed by atoms with Crippen LogP contribution in [-0.2, 0) is 4.79 Å². The van der Waals surface area contributed by atoms with E-state index in [9.17, 15) is 19.7 Å². The lowest BCUT2D eigenvalue weighted by molar-refractivity contribution is -0.384. The first-order valence-electron chi connectivity index (χ1n) is 9.51. The van der Waals surface area contributed by atoms with Gasteiger partial charge in [-0.25, -0.2) is 0 Å². The molecule has 2 fully saturated rings. The van der Waals surface area contributed by atoms with E-state index in [1.54, 1.807) is 17.9 Å². The molecular formula is C19H26N4O4. The molecule has 0 bridgehead atoms. The lowest BCUT2D eigenvalue weighted by atomic mass is 9.96. The van der Waals surface area contributed by atoms with Gasteiger partial charge in [-0.2, -0.15) is 0 Å². The van der Waals surface area contributed by atoms with Crippen LogP contribution in [0.5, 0.6) is 0 Å². The molecule has 2 saturated heterocycles. The van der Waals surface area contributed by atoms with Crippen molar-refractivity contribution < 1.29 is 14.5 Å². The molecule has 0 aromatic heterocycles. The third-order valence-corrected chi connectivity index (χ3v) is 5.41. The van der Waals surface area contributed by atoms with Gasteiger partial charge in [-0.05, 0) is 50.6 Å². The van der Waals surface area contributed by atoms with Gasteiger partial charge in [0.15, 0.2) is 0 Å². The number of hydrogen-bond acceptors (Lipinski definition) is 5. The topological polar surface area (TPSA) is 105 Å². The molecular weight excluding hydrogens is 348 g/mol. The minimum atomic E-state index is -0.484. The second-order valence-electron chi connectivity index (χ2n) is 7.41. The Morgan fingerprint density at radius 3 is 2.85 bits per heavy atom. The third kappa shape index (κ3) is 4.63. The SMILES string of the molecule is Cc1ccc([N+](=O)[O-])cc1C(=O)N1CCCC(CNC(=O)C2CCCN2)C1. The molecule has 8 nitrogen and oxygen atoms in total. The van der Waals surface area contributed by atoms with Crippen LogP contribution in [0.4, 0.5) is 5.69 Å². The second-order valence-corrected chi connectivity index (χ2v) is 7.41. The smallest absolute Gasteiger partial charge is 0.270 e. The van der Waals surface area contributed by atoms with E-state index >= 15 is 0 Å². The van der Waals surface area contributed by atoms with Gasteiger partial charge >= 0.3 is 0 Å². The molecule has 2 unspecified atom stereocenters. The molecule has 3 rings (SSSR count). The number of aryl methyl sites for hydroxylation is 1. The van der Waals surface area contributed by atoms with E-state index in [0.29, 0.717) is 25.2 Å². The number of nitro benzene ring substituents is 1. The van der Waals surface area contributed by atoms with E-state index in [2.05, 4.69) is 10.6 Å². The van der Waals surface area contributed by atoms with Crippen molar-refractivity contribution in [2.24, 2.45) is 5.92 Å². The van der Waals surface area contributed by atoms with Gasteiger partial charge in [0.2, 0.25) is 5.91 Å². The van der Waals surface area contributed by atoms with Crippen molar-refractivity contribution in [2.75, 3.05) is 26.2 Å². The number of piperidine rings is 1. The van der Waals surface area contributed by atoms with Crippen LogP contribution in [0.1, 0.15) is 41.6 Å². The van der Waals surface area contributed by atoms with Crippen molar-refractivity contribution in [1.29, 1.82) is 0 Å². The molecule has 2 aliphatic heterocycles. The van der Waals surface area contributed by atoms with E-state index in [1.165, 1.54) is 12.1 Å². The number of nitrogens with zero attached hydrogens (tertiary/aromatic N) is 2. The fourth-order valence-corrected chi connectivity index (χ4v) is 3.82. The van der Waals surface area contributed by atoms with Crippen LogP contribution < -0.4 is 10.6 Å². The van der Waals surface area contributed by atoms with Crippen LogP contribution in [0.2, 0.25) is 0 Å². The first kappa shape index (κ1) is 19.3. The highest BCUT2D eigenvalue weighted by Crippen LogP contribution is 2.22. The number of nitrogens with one attached hydrogen (secondary N) is 2. The zero-order valence-corrected chi connectivity index (χ0v) is 15.6. The van der Waals surface area contributed by atoms with E-state index in [0.717, 1.165) is 37.8 Å². The van der Waals surface area contributed by atoms with Gasteiger partial charge < -0.3 is 15.5 Å². The number of nitro groups is 1. The highest BCUT2D eigenvalue weighted by atomic mass is 16.6. The summed E-state index contributed by atoms with van der Waals surface area (Å²) < 4.78 is 0. The maximum atomic E-state index is 12.9. The van der Waals surface area contributed by atoms with Crippen molar-refractivity contribution in [3.8, 4) is 0 Å². The van der Waals surface area contributed by atoms with Gasteiger partial charge in [0.1, 0.15) is 0 Å². The average molecular weight is 374 g/mol. The predicted molar refractivity (Wildman–Crippen MR) is 100 cm³/mol. The Morgan fingerprint density at radius 1 is 1.33 bits per heavy atom. The molecule has 27 heavy (non-hydrogen) atoms. The molecule has 0 spiro atoms. The van der Waals surface area contributed by atoms with E-state index in [1.807, 2.05) is 0 Å². The number of carbonyl (C=O) groups is 2. The summed E-state index contributed by atoms with van der Waals surface area (Å²) in [6.07, 6.45) is 3.71. The van der Waals surface area contributed by atoms with Gasteiger partial charge in [-0.15, -0.1) is 0 Å². The largest absolute Gasteiger partial charge is 0.354 e. The second kappa shape index (κ2) is 8.47. The molecule has 2 amide bonds. The zero-order chi connectivity index (χ0) is 19.4. The Morgan fingerprint density at radius 2 is 2.15 bits per heavy atom. The summed E-state index contributed by atoms with van der Waals surface area (Å²) in [5, 5.41) is 17.2. The standard InChI is InChI=1S/C19H26N4O4/c1-13-6-7-15(23(26)27)10-16(13)19(25)22-9-3-4-14(12-22)11-21-18(24)17-5-2-8-20-17/h6-7,10,14,17,20H,2-5,8-9,11-12H2,1H3,(H,21,24). The van der Waals surface area contributed by atoms with E-state index in [4.69, 9.17) is 0 Å². The van der Waals surface area contributed by atoms with Crippen molar-refractivity contribution in [1.82, 2.24) is 15.5 Å². The Bertz CT molecular complexity index is 730. The average Bonchev–Trinajstić information content (AvgIpc) is 3.21. The van der Waals surface area contributed by atoms with Gasteiger partial charge in [0, 0.05) is 37.3 Å². The van der Waals surface area contributed by atoms with Crippen molar-refractivity contribution in [3.63, 3.8) is 0 Å². The molecule has 0 saturated carbocycles. The predicted octanol–water partition coefficient (Wildman–Crippen LogP) is 1.62. The zero-order valence-electron chi connectivity index (χ0n) is 15.6. The van der Waals surface area contributed by atoms with Crippen molar-refractivity contribution >= 4 is 17.5 Å². The minimum absolute atomic E-state index is 0.0329. The summed E-state index contributed by atoms with van der Waals surface area (Å²) in [4.78, 5) is 37.3. The Kier molecular flexibility index (Phi) is 6.05. The molecule has 2 atom stereocenters. The lowest BCUT2D eigenvalue weighted by Gasteiger charge is -2.33. The van der Waals surface area contributed by atoms with Crippen molar-refractivity contribution in [3.05, 3.63) is 39.4 Å². The number of benzene rings is 1. The monoisotopic (exact) mass is 374 g/mol. The molecule has 2 heterocycles. The molecule has 1 aromatic carbocycles. The fraction of sp³-hybridized carbons (Fsp3) is 0.579. The minimum Gasteiger partial charge on any atom is -0.354 e. The Hall–Kier alpha value is -2.48. The first-order valence-corrected chi connectivity index (χ1v) is 9.51. The number of amides is 2. The fourth-order valence-electron chi connectivity index (χ4n) is 3.82. The summed E-state index contributed by atoms with van der Waals surface area (Å²) in [7, 11) is 0. The number of likely N-dealkylation sites (tertiary alicyclic amines) is 1. The summed E-state index contributed by atoms with van der Waals surface area (Å²) in [6, 6.07) is 4.28. The highest BCUT2D eigenvalue weighted by Gasteiger charge is 2.28. The Labute approximate surface area is 158 Å². The van der Waals surface area contributed by atoms with Crippen molar-refractivity contribution in [2.45, 2.75) is 38.6 Å². The van der Waals surface area contributed by atoms with Gasteiger partial charge in [0.05, 0.1) is 11.0 Å². The number of hydrogen-bond donors (Lipinski definition) is 2. The quantitative estimate of drug-likeness (QED) is 0.602. The summed E-state index contributed by atoms with van der Waals surface area (Å²) in [6.45, 7) is 4.41. The number of carbonyl (C=O) groups excluding carboxylic acids is 2. The molecule has 2 N–H and O–H groups in total. The third-order valence-electron chi connectivity index (χ3n) is 5.41. The van der Waals surface area contributed by atoms with Gasteiger partial charge in [-0.3, -0.25) is 19.7 Å². The van der Waals surface area contributed by atoms with Gasteiger partial charge in [-0.1, -0.05) is 6.07 Å². The lowest BCUT2D eigenvalue weighted by Crippen LogP contribution is -2.46.